The Morgan fingerprint density at radius 3 is 2.90 bits per heavy atom. The van der Waals surface area contributed by atoms with Gasteiger partial charge in [-0.1, -0.05) is 24.6 Å². The highest BCUT2D eigenvalue weighted by Gasteiger charge is 2.41. The van der Waals surface area contributed by atoms with E-state index in [9.17, 15) is 4.39 Å². The predicted molar refractivity (Wildman–Crippen MR) is 80.7 cm³/mol. The Morgan fingerprint density at radius 1 is 1.50 bits per heavy atom. The molecule has 0 radical (unpaired) electrons. The lowest BCUT2D eigenvalue weighted by molar-refractivity contribution is 0.0631. The first-order chi connectivity index (χ1) is 9.57. The van der Waals surface area contributed by atoms with Crippen LogP contribution in [-0.4, -0.2) is 25.8 Å². The number of benzene rings is 1. The van der Waals surface area contributed by atoms with Gasteiger partial charge in [0, 0.05) is 18.6 Å². The van der Waals surface area contributed by atoms with Crippen LogP contribution in [0.4, 0.5) is 4.39 Å². The van der Waals surface area contributed by atoms with Crippen molar-refractivity contribution in [2.45, 2.75) is 39.2 Å². The summed E-state index contributed by atoms with van der Waals surface area (Å²) < 4.78 is 19.4. The standard InChI is InChI=1S/C16H23ClFNO/c1-3-7-19-11-16(6-8-20-12(16)2)10-13-4-5-14(17)15(18)9-13/h4-5,9,12,19H,3,6-8,10-11H2,1-2H3. The number of hydrogen-bond acceptors (Lipinski definition) is 2. The summed E-state index contributed by atoms with van der Waals surface area (Å²) in [5.41, 5.74) is 1.04. The van der Waals surface area contributed by atoms with Gasteiger partial charge in [0.2, 0.25) is 0 Å². The van der Waals surface area contributed by atoms with Crippen molar-refractivity contribution in [2.75, 3.05) is 19.7 Å². The Bertz CT molecular complexity index is 454. The molecule has 1 aliphatic rings. The van der Waals surface area contributed by atoms with Crippen molar-refractivity contribution >= 4 is 11.6 Å². The third kappa shape index (κ3) is 3.51. The first-order valence-corrected chi connectivity index (χ1v) is 7.71. The molecule has 1 saturated heterocycles. The Hall–Kier alpha value is -0.640. The molecule has 0 saturated carbocycles. The van der Waals surface area contributed by atoms with E-state index in [0.29, 0.717) is 0 Å². The van der Waals surface area contributed by atoms with E-state index >= 15 is 0 Å². The maximum absolute atomic E-state index is 13.6. The fraction of sp³-hybridized carbons (Fsp3) is 0.625. The van der Waals surface area contributed by atoms with Crippen LogP contribution < -0.4 is 5.32 Å². The SMILES string of the molecule is CCCNCC1(Cc2ccc(Cl)c(F)c2)CCOC1C. The van der Waals surface area contributed by atoms with Gasteiger partial charge in [-0.2, -0.15) is 0 Å². The zero-order chi connectivity index (χ0) is 14.6. The number of nitrogens with one attached hydrogen (secondary N) is 1. The summed E-state index contributed by atoms with van der Waals surface area (Å²) in [4.78, 5) is 0. The molecule has 1 N–H and O–H groups in total. The van der Waals surface area contributed by atoms with E-state index < -0.39 is 0 Å². The van der Waals surface area contributed by atoms with Crippen LogP contribution >= 0.6 is 11.6 Å². The van der Waals surface area contributed by atoms with E-state index in [2.05, 4.69) is 19.2 Å². The summed E-state index contributed by atoms with van der Waals surface area (Å²) in [5.74, 6) is -0.340. The quantitative estimate of drug-likeness (QED) is 0.806. The smallest absolute Gasteiger partial charge is 0.142 e. The van der Waals surface area contributed by atoms with Crippen LogP contribution in [0.2, 0.25) is 5.02 Å². The van der Waals surface area contributed by atoms with Crippen LogP contribution in [0, 0.1) is 11.2 Å². The maximum Gasteiger partial charge on any atom is 0.142 e. The van der Waals surface area contributed by atoms with Crippen LogP contribution in [0.15, 0.2) is 18.2 Å². The van der Waals surface area contributed by atoms with E-state index in [-0.39, 0.29) is 22.4 Å². The molecule has 1 aliphatic heterocycles. The third-order valence-electron chi connectivity index (χ3n) is 4.27. The lowest BCUT2D eigenvalue weighted by Crippen LogP contribution is -2.41. The molecule has 0 aliphatic carbocycles. The molecule has 2 unspecified atom stereocenters. The molecule has 2 nitrogen and oxygen atoms in total. The number of ether oxygens (including phenoxy) is 1. The highest BCUT2D eigenvalue weighted by Crippen LogP contribution is 2.38. The van der Waals surface area contributed by atoms with Gasteiger partial charge in [-0.05, 0) is 50.4 Å². The van der Waals surface area contributed by atoms with Crippen molar-refractivity contribution < 1.29 is 9.13 Å². The van der Waals surface area contributed by atoms with Gasteiger partial charge in [0.1, 0.15) is 5.82 Å². The first-order valence-electron chi connectivity index (χ1n) is 7.33. The zero-order valence-corrected chi connectivity index (χ0v) is 13.0. The molecular formula is C16H23ClFNO. The van der Waals surface area contributed by atoms with Crippen LogP contribution in [0.25, 0.3) is 0 Å². The van der Waals surface area contributed by atoms with Crippen LogP contribution in [0.5, 0.6) is 0 Å². The average Bonchev–Trinajstić information content (AvgIpc) is 2.76. The summed E-state index contributed by atoms with van der Waals surface area (Å²) in [6, 6.07) is 5.10. The van der Waals surface area contributed by atoms with Crippen molar-refractivity contribution in [3.63, 3.8) is 0 Å². The second-order valence-electron chi connectivity index (χ2n) is 5.73. The third-order valence-corrected chi connectivity index (χ3v) is 4.58. The minimum absolute atomic E-state index is 0.0510. The van der Waals surface area contributed by atoms with E-state index in [1.165, 1.54) is 0 Å². The normalized spacial score (nSPS) is 26.1. The Balaban J connectivity index is 2.12. The zero-order valence-electron chi connectivity index (χ0n) is 12.2. The van der Waals surface area contributed by atoms with Crippen molar-refractivity contribution in [3.8, 4) is 0 Å². The van der Waals surface area contributed by atoms with Crippen molar-refractivity contribution in [2.24, 2.45) is 5.41 Å². The van der Waals surface area contributed by atoms with Crippen LogP contribution in [0.1, 0.15) is 32.3 Å². The first kappa shape index (κ1) is 15.7. The molecule has 20 heavy (non-hydrogen) atoms. The molecule has 1 aromatic carbocycles. The molecule has 1 aromatic rings. The lowest BCUT2D eigenvalue weighted by Gasteiger charge is -2.33. The molecular weight excluding hydrogens is 277 g/mol. The number of halogens is 2. The summed E-state index contributed by atoms with van der Waals surface area (Å²) in [5, 5.41) is 3.68. The molecule has 0 bridgehead atoms. The van der Waals surface area contributed by atoms with E-state index in [1.807, 2.05) is 6.07 Å². The van der Waals surface area contributed by atoms with Gasteiger partial charge in [0.15, 0.2) is 0 Å². The monoisotopic (exact) mass is 299 g/mol. The topological polar surface area (TPSA) is 21.3 Å². The van der Waals surface area contributed by atoms with Gasteiger partial charge >= 0.3 is 0 Å². The second kappa shape index (κ2) is 6.88. The number of hydrogen-bond donors (Lipinski definition) is 1. The summed E-state index contributed by atoms with van der Waals surface area (Å²) in [7, 11) is 0. The van der Waals surface area contributed by atoms with Gasteiger partial charge in [0.25, 0.3) is 0 Å². The maximum atomic E-state index is 13.6. The highest BCUT2D eigenvalue weighted by atomic mass is 35.5. The molecule has 2 rings (SSSR count). The van der Waals surface area contributed by atoms with Crippen LogP contribution in [0.3, 0.4) is 0 Å². The Morgan fingerprint density at radius 2 is 2.30 bits per heavy atom. The molecule has 0 spiro atoms. The molecule has 4 heteroatoms. The second-order valence-corrected chi connectivity index (χ2v) is 6.13. The molecule has 0 aromatic heterocycles. The molecule has 1 heterocycles. The molecule has 0 amide bonds. The fourth-order valence-corrected chi connectivity index (χ4v) is 3.03. The van der Waals surface area contributed by atoms with Gasteiger partial charge in [0.05, 0.1) is 11.1 Å². The lowest BCUT2D eigenvalue weighted by atomic mass is 9.76. The largest absolute Gasteiger partial charge is 0.378 e. The minimum Gasteiger partial charge on any atom is -0.378 e. The van der Waals surface area contributed by atoms with Crippen molar-refractivity contribution in [1.29, 1.82) is 0 Å². The predicted octanol–water partition coefficient (Wildman–Crippen LogP) is 3.82. The molecule has 1 fully saturated rings. The van der Waals surface area contributed by atoms with Gasteiger partial charge in [-0.15, -0.1) is 0 Å². The number of rotatable bonds is 6. The Labute approximate surface area is 125 Å². The van der Waals surface area contributed by atoms with E-state index in [0.717, 1.165) is 44.5 Å². The van der Waals surface area contributed by atoms with Crippen molar-refractivity contribution in [1.82, 2.24) is 5.32 Å². The van der Waals surface area contributed by atoms with Gasteiger partial charge in [-0.3, -0.25) is 0 Å². The van der Waals surface area contributed by atoms with Crippen LogP contribution in [-0.2, 0) is 11.2 Å². The summed E-state index contributed by atoms with van der Waals surface area (Å²) >= 11 is 5.75. The molecule has 112 valence electrons. The Kier molecular flexibility index (Phi) is 5.42. The van der Waals surface area contributed by atoms with Crippen molar-refractivity contribution in [3.05, 3.63) is 34.6 Å². The van der Waals surface area contributed by atoms with E-state index in [4.69, 9.17) is 16.3 Å². The van der Waals surface area contributed by atoms with E-state index in [1.54, 1.807) is 12.1 Å². The fourth-order valence-electron chi connectivity index (χ4n) is 2.92. The summed E-state index contributed by atoms with van der Waals surface area (Å²) in [6.07, 6.45) is 3.13. The minimum atomic E-state index is -0.340. The highest BCUT2D eigenvalue weighted by molar-refractivity contribution is 6.30. The average molecular weight is 300 g/mol. The van der Waals surface area contributed by atoms with Gasteiger partial charge in [-0.25, -0.2) is 4.39 Å². The van der Waals surface area contributed by atoms with Gasteiger partial charge < -0.3 is 10.1 Å². The molecule has 2 atom stereocenters. The summed E-state index contributed by atoms with van der Waals surface area (Å²) in [6.45, 7) is 6.97.